The number of nitrogens with zero attached hydrogens (tertiary/aromatic N) is 3. The van der Waals surface area contributed by atoms with E-state index in [0.29, 0.717) is 30.9 Å². The van der Waals surface area contributed by atoms with Gasteiger partial charge in [0, 0.05) is 25.0 Å². The molecule has 2 N–H and O–H groups in total. The lowest BCUT2D eigenvalue weighted by Crippen LogP contribution is -2.43. The molecule has 2 aromatic rings. The van der Waals surface area contributed by atoms with Crippen LogP contribution in [0.25, 0.3) is 0 Å². The number of ether oxygens (including phenoxy) is 2. The minimum absolute atomic E-state index is 0.0176. The quantitative estimate of drug-likeness (QED) is 0.476. The molecule has 8 nitrogen and oxygen atoms in total. The Balaban J connectivity index is 0.000000454. The number of halogens is 5. The first-order valence-electron chi connectivity index (χ1n) is 11.4. The number of alkyl halides is 5. The van der Waals surface area contributed by atoms with Crippen molar-refractivity contribution in [1.29, 1.82) is 0 Å². The molecule has 2 fully saturated rings. The van der Waals surface area contributed by atoms with Crippen LogP contribution in [-0.2, 0) is 11.3 Å². The molecule has 2 aliphatic rings. The zero-order valence-corrected chi connectivity index (χ0v) is 19.3. The Bertz CT molecular complexity index is 971. The molecule has 36 heavy (non-hydrogen) atoms. The van der Waals surface area contributed by atoms with Crippen molar-refractivity contribution in [2.24, 2.45) is 5.92 Å². The van der Waals surface area contributed by atoms with Crippen LogP contribution in [0.5, 0.6) is 11.6 Å². The number of hydrogen-bond acceptors (Lipinski definition) is 7. The average Bonchev–Trinajstić information content (AvgIpc) is 3.67. The summed E-state index contributed by atoms with van der Waals surface area (Å²) >= 11 is 0. The van der Waals surface area contributed by atoms with E-state index >= 15 is 0 Å². The fourth-order valence-corrected chi connectivity index (χ4v) is 3.55. The van der Waals surface area contributed by atoms with E-state index < -0.39 is 18.8 Å². The van der Waals surface area contributed by atoms with Crippen LogP contribution in [0.1, 0.15) is 31.2 Å². The fraction of sp³-hybridized carbons (Fsp3) is 0.522. The van der Waals surface area contributed by atoms with Gasteiger partial charge in [-0.2, -0.15) is 26.9 Å². The Morgan fingerprint density at radius 2 is 1.86 bits per heavy atom. The number of aliphatic carboxylic acids is 1. The second kappa shape index (κ2) is 12.7. The number of rotatable bonds is 9. The Morgan fingerprint density at radius 3 is 2.42 bits per heavy atom. The van der Waals surface area contributed by atoms with Gasteiger partial charge < -0.3 is 24.8 Å². The van der Waals surface area contributed by atoms with Gasteiger partial charge in [0.1, 0.15) is 5.82 Å². The second-order valence-corrected chi connectivity index (χ2v) is 8.38. The van der Waals surface area contributed by atoms with E-state index in [1.807, 2.05) is 18.3 Å². The predicted octanol–water partition coefficient (Wildman–Crippen LogP) is 4.26. The molecule has 0 aromatic carbocycles. The van der Waals surface area contributed by atoms with Crippen LogP contribution in [0.15, 0.2) is 36.7 Å². The van der Waals surface area contributed by atoms with Gasteiger partial charge >= 0.3 is 18.8 Å². The van der Waals surface area contributed by atoms with Crippen LogP contribution < -0.4 is 19.7 Å². The molecule has 198 valence electrons. The first kappa shape index (κ1) is 27.4. The molecule has 1 saturated heterocycles. The molecule has 3 heterocycles. The molecule has 0 amide bonds. The van der Waals surface area contributed by atoms with Crippen LogP contribution in [0.3, 0.4) is 0 Å². The third kappa shape index (κ3) is 8.77. The van der Waals surface area contributed by atoms with Crippen molar-refractivity contribution in [3.63, 3.8) is 0 Å². The van der Waals surface area contributed by atoms with Crippen molar-refractivity contribution < 1.29 is 41.3 Å². The molecule has 4 rings (SSSR count). The normalized spacial score (nSPS) is 16.2. The summed E-state index contributed by atoms with van der Waals surface area (Å²) in [4.78, 5) is 19.9. The van der Waals surface area contributed by atoms with Crippen LogP contribution in [-0.4, -0.2) is 59.6 Å². The molecule has 0 unspecified atom stereocenters. The van der Waals surface area contributed by atoms with Crippen molar-refractivity contribution >= 4 is 11.8 Å². The Morgan fingerprint density at radius 1 is 1.17 bits per heavy atom. The fourth-order valence-electron chi connectivity index (χ4n) is 3.55. The molecule has 0 radical (unpaired) electrons. The number of hydrogen-bond donors (Lipinski definition) is 2. The Kier molecular flexibility index (Phi) is 9.62. The van der Waals surface area contributed by atoms with Crippen molar-refractivity contribution in [3.05, 3.63) is 42.2 Å². The molecular weight excluding hydrogens is 491 g/mol. The predicted molar refractivity (Wildman–Crippen MR) is 119 cm³/mol. The van der Waals surface area contributed by atoms with E-state index in [2.05, 4.69) is 24.9 Å². The minimum Gasteiger partial charge on any atom is -0.475 e. The van der Waals surface area contributed by atoms with Gasteiger partial charge in [-0.05, 0) is 68.5 Å². The average molecular weight is 518 g/mol. The van der Waals surface area contributed by atoms with Gasteiger partial charge in [-0.25, -0.2) is 4.79 Å². The van der Waals surface area contributed by atoms with Crippen LogP contribution in [0.4, 0.5) is 27.8 Å². The number of aromatic nitrogens is 2. The number of anilines is 1. The number of pyridine rings is 2. The third-order valence-electron chi connectivity index (χ3n) is 5.54. The van der Waals surface area contributed by atoms with Crippen molar-refractivity contribution in [2.75, 3.05) is 24.6 Å². The van der Waals surface area contributed by atoms with E-state index in [1.165, 1.54) is 6.07 Å². The van der Waals surface area contributed by atoms with Gasteiger partial charge in [-0.15, -0.1) is 0 Å². The number of piperidine rings is 1. The lowest BCUT2D eigenvalue weighted by atomic mass is 10.0. The highest BCUT2D eigenvalue weighted by atomic mass is 19.4. The lowest BCUT2D eigenvalue weighted by Gasteiger charge is -2.36. The zero-order valence-electron chi connectivity index (χ0n) is 19.3. The second-order valence-electron chi connectivity index (χ2n) is 8.38. The lowest BCUT2D eigenvalue weighted by molar-refractivity contribution is -0.192. The van der Waals surface area contributed by atoms with Crippen molar-refractivity contribution in [3.8, 4) is 11.6 Å². The summed E-state index contributed by atoms with van der Waals surface area (Å²) in [5, 5.41) is 10.5. The van der Waals surface area contributed by atoms with Gasteiger partial charge in [0.2, 0.25) is 0 Å². The minimum atomic E-state index is -5.08. The van der Waals surface area contributed by atoms with Crippen LogP contribution in [0.2, 0.25) is 0 Å². The number of nitrogens with one attached hydrogen (secondary N) is 1. The number of carbonyl (C=O) groups is 1. The Hall–Kier alpha value is -3.22. The number of carboxylic acid groups (broad SMARTS) is 1. The summed E-state index contributed by atoms with van der Waals surface area (Å²) in [5.74, 6) is -1.45. The number of carboxylic acids is 1. The van der Waals surface area contributed by atoms with E-state index in [1.54, 1.807) is 12.3 Å². The summed E-state index contributed by atoms with van der Waals surface area (Å²) in [6, 6.07) is 7.50. The maximum absolute atomic E-state index is 12.8. The maximum Gasteiger partial charge on any atom is 0.490 e. The van der Waals surface area contributed by atoms with E-state index in [9.17, 15) is 22.0 Å². The standard InChI is InChI=1S/C21H26F2N4O2.C2HF3O2/c22-21(23)29-18-5-6-19(26-20(18)28-14-15-3-4-15)27(17-7-10-24-11-8-17)13-16-2-1-9-25-12-16;3-2(4,5)1(6)7/h1-2,5-6,9,12,15,17,21,24H,3-4,7-8,10-11,13-14H2;(H,6,7). The summed E-state index contributed by atoms with van der Waals surface area (Å²) < 4.78 is 67.8. The van der Waals surface area contributed by atoms with Crippen molar-refractivity contribution in [1.82, 2.24) is 15.3 Å². The van der Waals surface area contributed by atoms with Crippen LogP contribution in [0, 0.1) is 5.92 Å². The molecule has 0 bridgehead atoms. The summed E-state index contributed by atoms with van der Waals surface area (Å²) in [7, 11) is 0. The highest BCUT2D eigenvalue weighted by molar-refractivity contribution is 5.73. The summed E-state index contributed by atoms with van der Waals surface area (Å²) in [5.41, 5.74) is 1.07. The molecule has 1 saturated carbocycles. The van der Waals surface area contributed by atoms with E-state index in [4.69, 9.17) is 14.6 Å². The Labute approximate surface area is 204 Å². The summed E-state index contributed by atoms with van der Waals surface area (Å²) in [6.45, 7) is 0.0774. The largest absolute Gasteiger partial charge is 0.490 e. The van der Waals surface area contributed by atoms with Gasteiger partial charge in [-0.3, -0.25) is 4.98 Å². The van der Waals surface area contributed by atoms with Gasteiger partial charge in [0.05, 0.1) is 6.61 Å². The van der Waals surface area contributed by atoms with E-state index in [0.717, 1.165) is 44.3 Å². The van der Waals surface area contributed by atoms with Crippen LogP contribution >= 0.6 is 0 Å². The first-order valence-corrected chi connectivity index (χ1v) is 11.4. The topological polar surface area (TPSA) is 96.8 Å². The maximum atomic E-state index is 12.8. The van der Waals surface area contributed by atoms with Gasteiger partial charge in [0.25, 0.3) is 5.88 Å². The zero-order chi connectivity index (χ0) is 26.1. The van der Waals surface area contributed by atoms with Crippen molar-refractivity contribution in [2.45, 2.75) is 51.1 Å². The molecule has 1 aliphatic heterocycles. The third-order valence-corrected chi connectivity index (χ3v) is 5.54. The van der Waals surface area contributed by atoms with E-state index in [-0.39, 0.29) is 11.6 Å². The molecule has 13 heteroatoms. The first-order chi connectivity index (χ1) is 17.1. The molecule has 0 atom stereocenters. The molecule has 1 aliphatic carbocycles. The molecular formula is C23H27F5N4O4. The smallest absolute Gasteiger partial charge is 0.475 e. The SMILES string of the molecule is FC(F)Oc1ccc(N(Cc2cccnc2)C2CCNCC2)nc1OCC1CC1.O=C(O)C(F)(F)F. The van der Waals surface area contributed by atoms with Gasteiger partial charge in [0.15, 0.2) is 5.75 Å². The monoisotopic (exact) mass is 518 g/mol. The van der Waals surface area contributed by atoms with Gasteiger partial charge in [-0.1, -0.05) is 6.07 Å². The molecule has 0 spiro atoms. The molecule has 2 aromatic heterocycles. The highest BCUT2D eigenvalue weighted by Crippen LogP contribution is 2.35. The summed E-state index contributed by atoms with van der Waals surface area (Å²) in [6.07, 6.45) is 2.68. The highest BCUT2D eigenvalue weighted by Gasteiger charge is 2.38.